The molecule has 1 aliphatic rings. The molecule has 3 aromatic rings. The topological polar surface area (TPSA) is 85.4 Å². The molecule has 4 rings (SSSR count). The predicted molar refractivity (Wildman–Crippen MR) is 125 cm³/mol. The van der Waals surface area contributed by atoms with Crippen molar-refractivity contribution in [1.29, 1.82) is 0 Å². The summed E-state index contributed by atoms with van der Waals surface area (Å²) < 4.78 is 0. The Bertz CT molecular complexity index is 1070. The van der Waals surface area contributed by atoms with Gasteiger partial charge in [-0.3, -0.25) is 9.59 Å². The number of aliphatic hydroxyl groups excluding tert-OH is 1. The van der Waals surface area contributed by atoms with Crippen LogP contribution in [0.4, 0.5) is 0 Å². The number of hydrogen-bond acceptors (Lipinski definition) is 4. The van der Waals surface area contributed by atoms with Crippen LogP contribution in [0.1, 0.15) is 16.1 Å². The van der Waals surface area contributed by atoms with E-state index in [1.807, 2.05) is 36.4 Å². The number of hydrogen-bond donors (Lipinski definition) is 3. The fourth-order valence-corrected chi connectivity index (χ4v) is 4.81. The molecule has 2 heterocycles. The number of aromatic nitrogens is 1. The highest BCUT2D eigenvalue weighted by Crippen LogP contribution is 2.20. The molecule has 1 aliphatic heterocycles. The molecule has 1 aromatic heterocycles. The minimum absolute atomic E-state index is 0.341. The van der Waals surface area contributed by atoms with E-state index in [9.17, 15) is 14.7 Å². The van der Waals surface area contributed by atoms with Gasteiger partial charge in [-0.15, -0.1) is 0 Å². The first-order chi connectivity index (χ1) is 15.0. The molecule has 1 fully saturated rings. The van der Waals surface area contributed by atoms with E-state index in [1.165, 1.54) is 0 Å². The highest BCUT2D eigenvalue weighted by atomic mass is 35.5. The largest absolute Gasteiger partial charge is 0.381 e. The van der Waals surface area contributed by atoms with Crippen LogP contribution < -0.4 is 5.32 Å². The zero-order chi connectivity index (χ0) is 21.8. The Kier molecular flexibility index (Phi) is 6.85. The summed E-state index contributed by atoms with van der Waals surface area (Å²) in [6.45, 7) is 1.21. The summed E-state index contributed by atoms with van der Waals surface area (Å²) in [6, 6.07) is 15.8. The van der Waals surface area contributed by atoms with Crippen LogP contribution in [-0.2, 0) is 11.2 Å². The molecule has 31 heavy (non-hydrogen) atoms. The number of nitrogens with one attached hydrogen (secondary N) is 2. The van der Waals surface area contributed by atoms with Gasteiger partial charge in [-0.2, -0.15) is 11.8 Å². The Morgan fingerprint density at radius 3 is 2.61 bits per heavy atom. The van der Waals surface area contributed by atoms with Crippen molar-refractivity contribution in [2.45, 2.75) is 18.6 Å². The van der Waals surface area contributed by atoms with E-state index in [4.69, 9.17) is 11.6 Å². The third-order valence-electron chi connectivity index (χ3n) is 5.40. The van der Waals surface area contributed by atoms with Gasteiger partial charge >= 0.3 is 0 Å². The molecular weight excluding hydrogens is 434 g/mol. The lowest BCUT2D eigenvalue weighted by Gasteiger charge is -2.31. The van der Waals surface area contributed by atoms with Gasteiger partial charge in [-0.1, -0.05) is 41.9 Å². The molecule has 2 amide bonds. The number of nitrogens with zero attached hydrogens (tertiary/aromatic N) is 1. The van der Waals surface area contributed by atoms with E-state index < -0.39 is 12.1 Å². The number of benzene rings is 2. The third kappa shape index (κ3) is 5.23. The molecule has 0 radical (unpaired) electrons. The van der Waals surface area contributed by atoms with Crippen LogP contribution in [0.5, 0.6) is 0 Å². The zero-order valence-corrected chi connectivity index (χ0v) is 18.5. The quantitative estimate of drug-likeness (QED) is 0.531. The van der Waals surface area contributed by atoms with Crippen LogP contribution in [-0.4, -0.2) is 63.5 Å². The van der Waals surface area contributed by atoms with Crippen LogP contribution in [0.15, 0.2) is 54.6 Å². The summed E-state index contributed by atoms with van der Waals surface area (Å²) in [5.41, 5.74) is 2.07. The summed E-state index contributed by atoms with van der Waals surface area (Å²) in [6.07, 6.45) is -0.986. The SMILES string of the molecule is O=C(N[C@@H](Cc1ccccc1)[C@@H](O)C(=O)N1CCSCC1)c1cc2cc(Cl)ccc2[nH]1. The average molecular weight is 458 g/mol. The van der Waals surface area contributed by atoms with Crippen LogP contribution in [0, 0.1) is 0 Å². The van der Waals surface area contributed by atoms with Crippen molar-refractivity contribution in [3.8, 4) is 0 Å². The Morgan fingerprint density at radius 2 is 1.87 bits per heavy atom. The maximum Gasteiger partial charge on any atom is 0.268 e. The smallest absolute Gasteiger partial charge is 0.268 e. The van der Waals surface area contributed by atoms with Gasteiger partial charge in [0, 0.05) is 40.5 Å². The predicted octanol–water partition coefficient (Wildman–Crippen LogP) is 3.10. The lowest BCUT2D eigenvalue weighted by Crippen LogP contribution is -2.54. The molecule has 0 bridgehead atoms. The number of rotatable bonds is 6. The lowest BCUT2D eigenvalue weighted by molar-refractivity contribution is -0.141. The number of aliphatic hydroxyl groups is 1. The maximum atomic E-state index is 13.0. The first kappa shape index (κ1) is 21.7. The highest BCUT2D eigenvalue weighted by Gasteiger charge is 2.32. The van der Waals surface area contributed by atoms with Crippen LogP contribution in [0.2, 0.25) is 5.02 Å². The van der Waals surface area contributed by atoms with Gasteiger partial charge in [0.05, 0.1) is 6.04 Å². The fraction of sp³-hybridized carbons (Fsp3) is 0.304. The van der Waals surface area contributed by atoms with Crippen molar-refractivity contribution >= 4 is 46.1 Å². The van der Waals surface area contributed by atoms with Crippen LogP contribution in [0.3, 0.4) is 0 Å². The Morgan fingerprint density at radius 1 is 1.13 bits per heavy atom. The van der Waals surface area contributed by atoms with Gasteiger partial charge in [-0.25, -0.2) is 0 Å². The van der Waals surface area contributed by atoms with E-state index in [2.05, 4.69) is 10.3 Å². The third-order valence-corrected chi connectivity index (χ3v) is 6.58. The van der Waals surface area contributed by atoms with Gasteiger partial charge in [-0.05, 0) is 36.2 Å². The molecule has 6 nitrogen and oxygen atoms in total. The van der Waals surface area contributed by atoms with E-state index in [-0.39, 0.29) is 11.8 Å². The minimum Gasteiger partial charge on any atom is -0.381 e. The van der Waals surface area contributed by atoms with Crippen molar-refractivity contribution in [3.05, 3.63) is 70.9 Å². The summed E-state index contributed by atoms with van der Waals surface area (Å²) in [5, 5.41) is 15.2. The summed E-state index contributed by atoms with van der Waals surface area (Å²) >= 11 is 7.83. The molecule has 0 spiro atoms. The first-order valence-corrected chi connectivity index (χ1v) is 11.7. The number of carbonyl (C=O) groups excluding carboxylic acids is 2. The number of fused-ring (bicyclic) bond motifs is 1. The summed E-state index contributed by atoms with van der Waals surface area (Å²) in [5.74, 6) is 0.983. The second kappa shape index (κ2) is 9.77. The molecule has 162 valence electrons. The highest BCUT2D eigenvalue weighted by molar-refractivity contribution is 7.99. The monoisotopic (exact) mass is 457 g/mol. The number of carbonyl (C=O) groups is 2. The number of amides is 2. The average Bonchev–Trinajstić information content (AvgIpc) is 3.22. The maximum absolute atomic E-state index is 13.0. The van der Waals surface area contributed by atoms with Crippen molar-refractivity contribution in [3.63, 3.8) is 0 Å². The van der Waals surface area contributed by atoms with Crippen LogP contribution >= 0.6 is 23.4 Å². The van der Waals surface area contributed by atoms with Gasteiger partial charge < -0.3 is 20.3 Å². The summed E-state index contributed by atoms with van der Waals surface area (Å²) in [4.78, 5) is 30.7. The second-order valence-corrected chi connectivity index (χ2v) is 9.23. The molecule has 0 unspecified atom stereocenters. The van der Waals surface area contributed by atoms with Crippen molar-refractivity contribution in [2.75, 3.05) is 24.6 Å². The molecule has 0 saturated carbocycles. The number of thioether (sulfide) groups is 1. The van der Waals surface area contributed by atoms with Crippen LogP contribution in [0.25, 0.3) is 10.9 Å². The van der Waals surface area contributed by atoms with E-state index in [0.29, 0.717) is 30.2 Å². The van der Waals surface area contributed by atoms with E-state index in [0.717, 1.165) is 28.0 Å². The van der Waals surface area contributed by atoms with E-state index >= 15 is 0 Å². The number of aromatic amines is 1. The standard InChI is InChI=1S/C23H24ClN3O3S/c24-17-6-7-18-16(13-17)14-20(25-18)22(29)26-19(12-15-4-2-1-3-5-15)21(28)23(30)27-8-10-31-11-9-27/h1-7,13-14,19,21,25,28H,8-12H2,(H,26,29)/t19-,21+/m0/s1. The van der Waals surface area contributed by atoms with Crippen molar-refractivity contribution in [1.82, 2.24) is 15.2 Å². The molecule has 1 saturated heterocycles. The number of H-pyrrole nitrogens is 1. The van der Waals surface area contributed by atoms with Gasteiger partial charge in [0.15, 0.2) is 6.10 Å². The Hall–Kier alpha value is -2.48. The molecule has 0 aliphatic carbocycles. The normalized spacial score (nSPS) is 16.1. The van der Waals surface area contributed by atoms with Crippen molar-refractivity contribution < 1.29 is 14.7 Å². The number of halogens is 1. The molecular formula is C23H24ClN3O3S. The lowest BCUT2D eigenvalue weighted by atomic mass is 10.00. The molecule has 2 aromatic carbocycles. The first-order valence-electron chi connectivity index (χ1n) is 10.2. The summed E-state index contributed by atoms with van der Waals surface area (Å²) in [7, 11) is 0. The molecule has 3 N–H and O–H groups in total. The Labute approximate surface area is 190 Å². The fourth-order valence-electron chi connectivity index (χ4n) is 3.72. The second-order valence-electron chi connectivity index (χ2n) is 7.57. The molecule has 2 atom stereocenters. The molecule has 8 heteroatoms. The van der Waals surface area contributed by atoms with Crippen molar-refractivity contribution in [2.24, 2.45) is 0 Å². The Balaban J connectivity index is 1.55. The van der Waals surface area contributed by atoms with Gasteiger partial charge in [0.1, 0.15) is 5.69 Å². The zero-order valence-electron chi connectivity index (χ0n) is 16.9. The van der Waals surface area contributed by atoms with Gasteiger partial charge in [0.25, 0.3) is 11.8 Å². The van der Waals surface area contributed by atoms with Gasteiger partial charge in [0.2, 0.25) is 0 Å². The minimum atomic E-state index is -1.33. The van der Waals surface area contributed by atoms with E-state index in [1.54, 1.807) is 34.9 Å².